The Balaban J connectivity index is 2.44. The molecule has 18 heavy (non-hydrogen) atoms. The van der Waals surface area contributed by atoms with E-state index in [1.54, 1.807) is 0 Å². The van der Waals surface area contributed by atoms with Gasteiger partial charge in [-0.15, -0.1) is 0 Å². The predicted octanol–water partition coefficient (Wildman–Crippen LogP) is 0.962. The minimum atomic E-state index is 0.245. The fourth-order valence-corrected chi connectivity index (χ4v) is 2.07. The Morgan fingerprint density at radius 3 is 2.78 bits per heavy atom. The van der Waals surface area contributed by atoms with Crippen LogP contribution in [-0.4, -0.2) is 49.0 Å². The van der Waals surface area contributed by atoms with Crippen molar-refractivity contribution in [1.82, 2.24) is 15.5 Å². The second-order valence-electron chi connectivity index (χ2n) is 4.58. The van der Waals surface area contributed by atoms with Crippen LogP contribution in [0.15, 0.2) is 4.99 Å². The van der Waals surface area contributed by atoms with Gasteiger partial charge in [0, 0.05) is 38.6 Å². The zero-order valence-electron chi connectivity index (χ0n) is 11.8. The van der Waals surface area contributed by atoms with E-state index in [-0.39, 0.29) is 5.91 Å². The summed E-state index contributed by atoms with van der Waals surface area (Å²) in [6.07, 6.45) is 2.64. The maximum absolute atomic E-state index is 11.6. The lowest BCUT2D eigenvalue weighted by Gasteiger charge is -2.18. The van der Waals surface area contributed by atoms with Crippen LogP contribution in [0.25, 0.3) is 0 Å². The molecule has 1 atom stereocenters. The molecular formula is C13H26N4O. The van der Waals surface area contributed by atoms with Crippen molar-refractivity contribution >= 4 is 11.9 Å². The molecule has 1 heterocycles. The first-order valence-corrected chi connectivity index (χ1v) is 7.03. The van der Waals surface area contributed by atoms with Gasteiger partial charge in [0.25, 0.3) is 0 Å². The van der Waals surface area contributed by atoms with Crippen molar-refractivity contribution in [2.24, 2.45) is 4.99 Å². The van der Waals surface area contributed by atoms with Crippen LogP contribution in [0.1, 0.15) is 40.0 Å². The van der Waals surface area contributed by atoms with E-state index < -0.39 is 0 Å². The number of likely N-dealkylation sites (tertiary alicyclic amines) is 1. The van der Waals surface area contributed by atoms with Crippen molar-refractivity contribution < 1.29 is 4.79 Å². The normalized spacial score (nSPS) is 20.1. The Labute approximate surface area is 110 Å². The molecule has 1 unspecified atom stereocenters. The van der Waals surface area contributed by atoms with Crippen molar-refractivity contribution in [3.63, 3.8) is 0 Å². The first-order valence-electron chi connectivity index (χ1n) is 7.03. The summed E-state index contributed by atoms with van der Waals surface area (Å²) in [7, 11) is 0. The van der Waals surface area contributed by atoms with Crippen molar-refractivity contribution in [1.29, 1.82) is 0 Å². The van der Waals surface area contributed by atoms with Crippen molar-refractivity contribution in [2.45, 2.75) is 46.1 Å². The molecule has 0 radical (unpaired) electrons. The molecule has 1 fully saturated rings. The molecule has 2 N–H and O–H groups in total. The van der Waals surface area contributed by atoms with Crippen LogP contribution in [0, 0.1) is 0 Å². The van der Waals surface area contributed by atoms with Crippen LogP contribution in [0.3, 0.4) is 0 Å². The van der Waals surface area contributed by atoms with Gasteiger partial charge in [0.1, 0.15) is 0 Å². The summed E-state index contributed by atoms with van der Waals surface area (Å²) in [5, 5.41) is 6.64. The molecule has 5 nitrogen and oxygen atoms in total. The Morgan fingerprint density at radius 2 is 2.17 bits per heavy atom. The summed E-state index contributed by atoms with van der Waals surface area (Å²) in [6, 6.07) is 0.329. The third kappa shape index (κ3) is 4.55. The van der Waals surface area contributed by atoms with Gasteiger partial charge in [-0.1, -0.05) is 13.8 Å². The summed E-state index contributed by atoms with van der Waals surface area (Å²) in [5.41, 5.74) is 0. The van der Waals surface area contributed by atoms with Crippen LogP contribution in [0.4, 0.5) is 0 Å². The second kappa shape index (κ2) is 7.95. The third-order valence-corrected chi connectivity index (χ3v) is 3.02. The molecule has 0 spiro atoms. The van der Waals surface area contributed by atoms with Crippen LogP contribution in [0.5, 0.6) is 0 Å². The molecule has 0 aliphatic carbocycles. The summed E-state index contributed by atoms with van der Waals surface area (Å²) in [6.45, 7) is 9.44. The summed E-state index contributed by atoms with van der Waals surface area (Å²) in [5.74, 6) is 1.12. The fraction of sp³-hybridized carbons (Fsp3) is 0.846. The van der Waals surface area contributed by atoms with Gasteiger partial charge >= 0.3 is 0 Å². The molecule has 1 aliphatic rings. The highest BCUT2D eigenvalue weighted by Gasteiger charge is 2.25. The Morgan fingerprint density at radius 1 is 1.39 bits per heavy atom. The lowest BCUT2D eigenvalue weighted by atomic mass is 10.3. The van der Waals surface area contributed by atoms with Crippen molar-refractivity contribution in [3.05, 3.63) is 0 Å². The average molecular weight is 254 g/mol. The van der Waals surface area contributed by atoms with E-state index in [1.165, 1.54) is 0 Å². The van der Waals surface area contributed by atoms with Crippen molar-refractivity contribution in [2.75, 3.05) is 26.2 Å². The summed E-state index contributed by atoms with van der Waals surface area (Å²) in [4.78, 5) is 18.0. The zero-order chi connectivity index (χ0) is 13.4. The van der Waals surface area contributed by atoms with E-state index in [9.17, 15) is 4.79 Å². The van der Waals surface area contributed by atoms with E-state index in [0.29, 0.717) is 12.5 Å². The Hall–Kier alpha value is -1.26. The molecule has 0 aromatic heterocycles. The molecule has 1 saturated heterocycles. The molecular weight excluding hydrogens is 228 g/mol. The molecule has 1 aliphatic heterocycles. The minimum absolute atomic E-state index is 0.245. The van der Waals surface area contributed by atoms with Gasteiger partial charge in [-0.05, 0) is 19.8 Å². The number of aliphatic imine (C=N–C) groups is 1. The quantitative estimate of drug-likeness (QED) is 0.567. The SMILES string of the molecule is CCCN=C(NCC)NC1CCN(C(=O)CC)C1. The van der Waals surface area contributed by atoms with Crippen LogP contribution >= 0.6 is 0 Å². The Kier molecular flexibility index (Phi) is 6.54. The predicted molar refractivity (Wildman–Crippen MR) is 74.7 cm³/mol. The standard InChI is InChI=1S/C13H26N4O/c1-4-8-15-13(14-6-3)16-11-7-9-17(10-11)12(18)5-2/h11H,4-10H2,1-3H3,(H2,14,15,16). The number of hydrogen-bond donors (Lipinski definition) is 2. The molecule has 104 valence electrons. The molecule has 0 bridgehead atoms. The number of rotatable bonds is 5. The Bertz CT molecular complexity index is 291. The number of carbonyl (C=O) groups excluding carboxylic acids is 1. The summed E-state index contributed by atoms with van der Waals surface area (Å²) < 4.78 is 0. The zero-order valence-corrected chi connectivity index (χ0v) is 11.8. The minimum Gasteiger partial charge on any atom is -0.357 e. The lowest BCUT2D eigenvalue weighted by Crippen LogP contribution is -2.45. The highest BCUT2D eigenvalue weighted by atomic mass is 16.2. The number of carbonyl (C=O) groups is 1. The smallest absolute Gasteiger partial charge is 0.222 e. The number of nitrogens with zero attached hydrogens (tertiary/aromatic N) is 2. The summed E-state index contributed by atoms with van der Waals surface area (Å²) >= 11 is 0. The van der Waals surface area contributed by atoms with Crippen LogP contribution in [-0.2, 0) is 4.79 Å². The van der Waals surface area contributed by atoms with E-state index >= 15 is 0 Å². The van der Waals surface area contributed by atoms with Gasteiger partial charge < -0.3 is 15.5 Å². The van der Waals surface area contributed by atoms with Gasteiger partial charge in [-0.2, -0.15) is 0 Å². The number of amides is 1. The molecule has 5 heteroatoms. The highest BCUT2D eigenvalue weighted by Crippen LogP contribution is 2.10. The third-order valence-electron chi connectivity index (χ3n) is 3.02. The number of guanidine groups is 1. The maximum atomic E-state index is 11.6. The molecule has 0 aromatic carbocycles. The number of nitrogens with one attached hydrogen (secondary N) is 2. The molecule has 0 aromatic rings. The first-order chi connectivity index (χ1) is 8.71. The lowest BCUT2D eigenvalue weighted by molar-refractivity contribution is -0.129. The second-order valence-corrected chi connectivity index (χ2v) is 4.58. The monoisotopic (exact) mass is 254 g/mol. The molecule has 1 amide bonds. The van der Waals surface area contributed by atoms with Gasteiger partial charge in [-0.25, -0.2) is 0 Å². The molecule has 0 saturated carbocycles. The van der Waals surface area contributed by atoms with E-state index in [1.807, 2.05) is 11.8 Å². The van der Waals surface area contributed by atoms with Crippen molar-refractivity contribution in [3.8, 4) is 0 Å². The highest BCUT2D eigenvalue weighted by molar-refractivity contribution is 5.80. The fourth-order valence-electron chi connectivity index (χ4n) is 2.07. The van der Waals surface area contributed by atoms with Gasteiger partial charge in [-0.3, -0.25) is 9.79 Å². The largest absolute Gasteiger partial charge is 0.357 e. The topological polar surface area (TPSA) is 56.7 Å². The van der Waals surface area contributed by atoms with E-state index in [0.717, 1.165) is 45.0 Å². The van der Waals surface area contributed by atoms with Gasteiger partial charge in [0.05, 0.1) is 0 Å². The maximum Gasteiger partial charge on any atom is 0.222 e. The molecule has 1 rings (SSSR count). The first kappa shape index (κ1) is 14.8. The van der Waals surface area contributed by atoms with Crippen LogP contribution < -0.4 is 10.6 Å². The average Bonchev–Trinajstić information content (AvgIpc) is 2.83. The van der Waals surface area contributed by atoms with Gasteiger partial charge in [0.2, 0.25) is 5.91 Å². The van der Waals surface area contributed by atoms with E-state index in [2.05, 4.69) is 29.5 Å². The van der Waals surface area contributed by atoms with Crippen LogP contribution in [0.2, 0.25) is 0 Å². The van der Waals surface area contributed by atoms with Gasteiger partial charge in [0.15, 0.2) is 5.96 Å². The van der Waals surface area contributed by atoms with E-state index in [4.69, 9.17) is 0 Å². The number of hydrogen-bond acceptors (Lipinski definition) is 2.